The highest BCUT2D eigenvalue weighted by atomic mass is 16.5. The molecule has 2 rings (SSSR count). The molecule has 0 amide bonds. The first-order valence-electron chi connectivity index (χ1n) is 6.82. The second kappa shape index (κ2) is 4.69. The number of carbonyl (C=O) groups is 1. The number of esters is 1. The van der Waals surface area contributed by atoms with Crippen LogP contribution in [0.15, 0.2) is 11.6 Å². The van der Waals surface area contributed by atoms with E-state index in [1.807, 2.05) is 0 Å². The minimum atomic E-state index is -0.203. The van der Waals surface area contributed by atoms with Gasteiger partial charge in [-0.05, 0) is 25.7 Å². The molecule has 0 N–H and O–H groups in total. The van der Waals surface area contributed by atoms with Gasteiger partial charge >= 0.3 is 5.97 Å². The molecule has 2 aliphatic rings. The van der Waals surface area contributed by atoms with E-state index in [4.69, 9.17) is 9.47 Å². The first kappa shape index (κ1) is 13.6. The Balaban J connectivity index is 2.31. The lowest BCUT2D eigenvalue weighted by atomic mass is 9.56. The maximum atomic E-state index is 11.1. The van der Waals surface area contributed by atoms with Gasteiger partial charge in [-0.3, -0.25) is 4.79 Å². The number of allylic oxidation sites excluding steroid dienone is 1. The Morgan fingerprint density at radius 2 is 2.17 bits per heavy atom. The first-order valence-corrected chi connectivity index (χ1v) is 6.82. The average Bonchev–Trinajstić information content (AvgIpc) is 2.26. The van der Waals surface area contributed by atoms with E-state index in [-0.39, 0.29) is 17.5 Å². The third kappa shape index (κ3) is 1.99. The molecule has 0 aromatic heterocycles. The summed E-state index contributed by atoms with van der Waals surface area (Å²) in [5.74, 6) is 1.12. The van der Waals surface area contributed by atoms with E-state index in [1.54, 1.807) is 0 Å². The molecule has 3 nitrogen and oxygen atoms in total. The number of rotatable bonds is 2. The van der Waals surface area contributed by atoms with Crippen molar-refractivity contribution in [2.45, 2.75) is 40.7 Å². The molecule has 0 spiro atoms. The van der Waals surface area contributed by atoms with E-state index in [2.05, 4.69) is 33.8 Å². The standard InChI is InChI=1S/C15H24O3/c1-9-6-10(2)15(8-18-13(5)16)7-17-12(4)14(9)11(15)3/h6,10-12,14H,7-8H2,1-5H3/t10-,11+,12+,14-,15-/m0/s1. The number of hydrogen-bond acceptors (Lipinski definition) is 3. The average molecular weight is 252 g/mol. The number of hydrogen-bond donors (Lipinski definition) is 0. The summed E-state index contributed by atoms with van der Waals surface area (Å²) in [5.41, 5.74) is 1.36. The fourth-order valence-electron chi connectivity index (χ4n) is 3.81. The van der Waals surface area contributed by atoms with Gasteiger partial charge in [0.15, 0.2) is 0 Å². The van der Waals surface area contributed by atoms with Gasteiger partial charge in [0.25, 0.3) is 0 Å². The number of carbonyl (C=O) groups excluding carboxylic acids is 1. The van der Waals surface area contributed by atoms with Gasteiger partial charge < -0.3 is 9.47 Å². The van der Waals surface area contributed by atoms with E-state index in [9.17, 15) is 4.79 Å². The molecule has 2 bridgehead atoms. The minimum absolute atomic E-state index is 0.0532. The molecule has 3 heteroatoms. The van der Waals surface area contributed by atoms with E-state index >= 15 is 0 Å². The maximum Gasteiger partial charge on any atom is 0.302 e. The smallest absolute Gasteiger partial charge is 0.302 e. The van der Waals surface area contributed by atoms with Gasteiger partial charge in [-0.15, -0.1) is 0 Å². The zero-order valence-corrected chi connectivity index (χ0v) is 12.0. The predicted octanol–water partition coefficient (Wildman–Crippen LogP) is 2.80. The van der Waals surface area contributed by atoms with Gasteiger partial charge in [-0.2, -0.15) is 0 Å². The Kier molecular flexibility index (Phi) is 3.54. The van der Waals surface area contributed by atoms with Crippen molar-refractivity contribution in [1.29, 1.82) is 0 Å². The van der Waals surface area contributed by atoms with Crippen molar-refractivity contribution in [3.63, 3.8) is 0 Å². The largest absolute Gasteiger partial charge is 0.465 e. The molecule has 0 saturated carbocycles. The highest BCUT2D eigenvalue weighted by Crippen LogP contribution is 2.52. The molecule has 1 aliphatic heterocycles. The second-order valence-corrected chi connectivity index (χ2v) is 6.04. The Morgan fingerprint density at radius 3 is 2.78 bits per heavy atom. The summed E-state index contributed by atoms with van der Waals surface area (Å²) in [7, 11) is 0. The van der Waals surface area contributed by atoms with Crippen LogP contribution in [0.1, 0.15) is 34.6 Å². The van der Waals surface area contributed by atoms with Crippen molar-refractivity contribution < 1.29 is 14.3 Å². The molecule has 1 fully saturated rings. The van der Waals surface area contributed by atoms with Crippen LogP contribution >= 0.6 is 0 Å². The molecule has 1 saturated heterocycles. The fraction of sp³-hybridized carbons (Fsp3) is 0.800. The van der Waals surface area contributed by atoms with Crippen LogP contribution in [0.2, 0.25) is 0 Å². The maximum absolute atomic E-state index is 11.1. The van der Waals surface area contributed by atoms with Crippen molar-refractivity contribution in [3.05, 3.63) is 11.6 Å². The van der Waals surface area contributed by atoms with Crippen LogP contribution in [0.4, 0.5) is 0 Å². The quantitative estimate of drug-likeness (QED) is 0.560. The lowest BCUT2D eigenvalue weighted by Gasteiger charge is -2.54. The molecule has 18 heavy (non-hydrogen) atoms. The normalized spacial score (nSPS) is 43.3. The minimum Gasteiger partial charge on any atom is -0.465 e. The molecule has 0 aromatic rings. The van der Waals surface area contributed by atoms with Gasteiger partial charge in [0.1, 0.15) is 0 Å². The third-order valence-corrected chi connectivity index (χ3v) is 5.06. The Hall–Kier alpha value is -0.830. The first-order chi connectivity index (χ1) is 8.38. The monoisotopic (exact) mass is 252 g/mol. The van der Waals surface area contributed by atoms with Crippen LogP contribution in [0.3, 0.4) is 0 Å². The van der Waals surface area contributed by atoms with Crippen molar-refractivity contribution in [3.8, 4) is 0 Å². The predicted molar refractivity (Wildman–Crippen MR) is 70.1 cm³/mol. The summed E-state index contributed by atoms with van der Waals surface area (Å²) in [6.07, 6.45) is 2.60. The van der Waals surface area contributed by atoms with Crippen molar-refractivity contribution in [1.82, 2.24) is 0 Å². The molecule has 102 valence electrons. The van der Waals surface area contributed by atoms with Gasteiger partial charge in [-0.1, -0.05) is 25.5 Å². The van der Waals surface area contributed by atoms with Gasteiger partial charge in [0.2, 0.25) is 0 Å². The Morgan fingerprint density at radius 1 is 1.50 bits per heavy atom. The fourth-order valence-corrected chi connectivity index (χ4v) is 3.81. The zero-order chi connectivity index (χ0) is 13.5. The molecule has 1 heterocycles. The summed E-state index contributed by atoms with van der Waals surface area (Å²) in [6.45, 7) is 11.4. The summed E-state index contributed by atoms with van der Waals surface area (Å²) in [4.78, 5) is 11.1. The second-order valence-electron chi connectivity index (χ2n) is 6.04. The lowest BCUT2D eigenvalue weighted by molar-refractivity contribution is -0.175. The highest BCUT2D eigenvalue weighted by Gasteiger charge is 2.53. The SMILES string of the molecule is CC(=O)OC[C@@]12CO[C@H](C)[C@@H](C(C)=C[C@@H]1C)[C@H]2C. The van der Waals surface area contributed by atoms with Gasteiger partial charge in [0.05, 0.1) is 19.3 Å². The van der Waals surface area contributed by atoms with Crippen LogP contribution in [-0.4, -0.2) is 25.3 Å². The van der Waals surface area contributed by atoms with Crippen molar-refractivity contribution in [2.75, 3.05) is 13.2 Å². The molecular weight excluding hydrogens is 228 g/mol. The van der Waals surface area contributed by atoms with E-state index < -0.39 is 0 Å². The number of fused-ring (bicyclic) bond motifs is 2. The molecule has 0 unspecified atom stereocenters. The van der Waals surface area contributed by atoms with Crippen LogP contribution in [0.25, 0.3) is 0 Å². The summed E-state index contributed by atoms with van der Waals surface area (Å²) in [5, 5.41) is 0. The molecule has 1 aliphatic carbocycles. The highest BCUT2D eigenvalue weighted by molar-refractivity contribution is 5.65. The summed E-state index contributed by atoms with van der Waals surface area (Å²) < 4.78 is 11.3. The Bertz CT molecular complexity index is 374. The summed E-state index contributed by atoms with van der Waals surface area (Å²) >= 11 is 0. The topological polar surface area (TPSA) is 35.5 Å². The van der Waals surface area contributed by atoms with Gasteiger partial charge in [0, 0.05) is 18.3 Å². The number of ether oxygens (including phenoxy) is 2. The molecule has 0 aromatic carbocycles. The van der Waals surface area contributed by atoms with Crippen molar-refractivity contribution in [2.24, 2.45) is 23.2 Å². The van der Waals surface area contributed by atoms with E-state index in [0.717, 1.165) is 0 Å². The van der Waals surface area contributed by atoms with Crippen LogP contribution in [-0.2, 0) is 14.3 Å². The summed E-state index contributed by atoms with van der Waals surface area (Å²) in [6, 6.07) is 0. The van der Waals surface area contributed by atoms with Crippen molar-refractivity contribution >= 4 is 5.97 Å². The van der Waals surface area contributed by atoms with E-state index in [0.29, 0.717) is 31.0 Å². The van der Waals surface area contributed by atoms with E-state index in [1.165, 1.54) is 12.5 Å². The molecule has 0 radical (unpaired) electrons. The lowest BCUT2D eigenvalue weighted by Crippen LogP contribution is -2.56. The molecular formula is C15H24O3. The Labute approximate surface area is 110 Å². The molecule has 5 atom stereocenters. The van der Waals surface area contributed by atoms with Crippen LogP contribution < -0.4 is 0 Å². The van der Waals surface area contributed by atoms with Gasteiger partial charge in [-0.25, -0.2) is 0 Å². The third-order valence-electron chi connectivity index (χ3n) is 5.06. The van der Waals surface area contributed by atoms with Crippen LogP contribution in [0.5, 0.6) is 0 Å². The zero-order valence-electron chi connectivity index (χ0n) is 12.0. The van der Waals surface area contributed by atoms with Crippen LogP contribution in [0, 0.1) is 23.2 Å².